The Morgan fingerprint density at radius 2 is 1.94 bits per heavy atom. The second-order valence-corrected chi connectivity index (χ2v) is 10.4. The van der Waals surface area contributed by atoms with Gasteiger partial charge in [-0.15, -0.1) is 10.2 Å². The molecule has 2 fully saturated rings. The first-order chi connectivity index (χ1) is 16.7. The molecule has 1 saturated carbocycles. The van der Waals surface area contributed by atoms with Gasteiger partial charge in [-0.1, -0.05) is 17.7 Å². The summed E-state index contributed by atoms with van der Waals surface area (Å²) >= 11 is 6.36. The van der Waals surface area contributed by atoms with Crippen molar-refractivity contribution in [3.8, 4) is 5.69 Å². The van der Waals surface area contributed by atoms with Gasteiger partial charge in [0, 0.05) is 55.2 Å². The number of hydrogen-bond donors (Lipinski definition) is 0. The smallest absolute Gasteiger partial charge is 0.251 e. The lowest BCUT2D eigenvalue weighted by atomic mass is 9.73. The van der Waals surface area contributed by atoms with Gasteiger partial charge >= 0.3 is 0 Å². The van der Waals surface area contributed by atoms with E-state index in [9.17, 15) is 8.78 Å². The minimum atomic E-state index is -2.61. The summed E-state index contributed by atoms with van der Waals surface area (Å²) in [4.78, 5) is 12.7. The van der Waals surface area contributed by atoms with Gasteiger partial charge in [0.05, 0.1) is 12.2 Å². The molecule has 1 aromatic heterocycles. The molecular formula is C25H30ClF2N7. The molecule has 2 aliphatic heterocycles. The third-order valence-electron chi connectivity index (χ3n) is 7.40. The molecule has 5 rings (SSSR count). The Balaban J connectivity index is 1.45. The molecule has 2 aromatic rings. The largest absolute Gasteiger partial charge is 0.341 e. The fourth-order valence-corrected chi connectivity index (χ4v) is 5.85. The molecule has 186 valence electrons. The molecule has 7 nitrogen and oxygen atoms in total. The van der Waals surface area contributed by atoms with Gasteiger partial charge in [-0.05, 0) is 57.2 Å². The molecule has 35 heavy (non-hydrogen) atoms. The van der Waals surface area contributed by atoms with Crippen molar-refractivity contribution in [2.24, 2.45) is 9.98 Å². The number of aliphatic imine (C=N–C) groups is 2. The van der Waals surface area contributed by atoms with Crippen molar-refractivity contribution in [2.75, 3.05) is 13.1 Å². The minimum absolute atomic E-state index is 0.149. The quantitative estimate of drug-likeness (QED) is 0.428. The van der Waals surface area contributed by atoms with E-state index in [-0.39, 0.29) is 18.8 Å². The summed E-state index contributed by atoms with van der Waals surface area (Å²) in [6.07, 6.45) is 5.04. The van der Waals surface area contributed by atoms with Gasteiger partial charge in [-0.3, -0.25) is 9.47 Å². The maximum absolute atomic E-state index is 13.9. The first-order valence-corrected chi connectivity index (χ1v) is 12.4. The van der Waals surface area contributed by atoms with Crippen LogP contribution >= 0.6 is 11.6 Å². The summed E-state index contributed by atoms with van der Waals surface area (Å²) in [6, 6.07) is 5.80. The zero-order chi connectivity index (χ0) is 24.8. The molecule has 0 bridgehead atoms. The number of guanidine groups is 1. The Kier molecular flexibility index (Phi) is 6.25. The summed E-state index contributed by atoms with van der Waals surface area (Å²) in [5, 5.41) is 9.81. The molecule has 0 atom stereocenters. The van der Waals surface area contributed by atoms with E-state index in [1.807, 2.05) is 38.1 Å². The highest BCUT2D eigenvalue weighted by Crippen LogP contribution is 2.50. The van der Waals surface area contributed by atoms with E-state index in [1.54, 1.807) is 6.20 Å². The SMILES string of the molecule is C=NC(=N/C=C\C)N1CCC(c2nnc3n2-c2ccc(Cl)cc2CN(C2(C)CC(F)(F)C2)C3)CC1. The van der Waals surface area contributed by atoms with E-state index >= 15 is 0 Å². The Morgan fingerprint density at radius 3 is 2.60 bits per heavy atom. The predicted octanol–water partition coefficient (Wildman–Crippen LogP) is 5.19. The topological polar surface area (TPSA) is 61.9 Å². The van der Waals surface area contributed by atoms with E-state index in [2.05, 4.69) is 41.3 Å². The molecule has 0 unspecified atom stereocenters. The van der Waals surface area contributed by atoms with Gasteiger partial charge in [-0.25, -0.2) is 18.8 Å². The van der Waals surface area contributed by atoms with E-state index in [0.717, 1.165) is 48.8 Å². The Labute approximate surface area is 209 Å². The summed E-state index contributed by atoms with van der Waals surface area (Å²) in [6.45, 7) is 10.1. The number of hydrogen-bond acceptors (Lipinski definition) is 4. The van der Waals surface area contributed by atoms with Crippen LogP contribution < -0.4 is 0 Å². The second kappa shape index (κ2) is 9.09. The average Bonchev–Trinajstić information content (AvgIpc) is 3.14. The maximum Gasteiger partial charge on any atom is 0.251 e. The lowest BCUT2D eigenvalue weighted by molar-refractivity contribution is -0.173. The molecule has 0 amide bonds. The molecule has 1 aliphatic carbocycles. The van der Waals surface area contributed by atoms with Gasteiger partial charge in [-0.2, -0.15) is 0 Å². The standard InChI is InChI=1S/C25H30ClF2N7/c1-4-9-30-23(29-3)33-10-7-17(8-11-33)22-32-31-21-14-34(24(2)15-25(27,28)16-24)13-18-12-19(26)5-6-20(18)35(21)22/h4-6,9,12,17H,3,7-8,10-11,13-16H2,1-2H3/b9-4-,30-23?. The van der Waals surface area contributed by atoms with Gasteiger partial charge < -0.3 is 4.90 Å². The van der Waals surface area contributed by atoms with Crippen LogP contribution in [0.5, 0.6) is 0 Å². The first kappa shape index (κ1) is 24.1. The second-order valence-electron chi connectivity index (χ2n) is 9.98. The van der Waals surface area contributed by atoms with Crippen molar-refractivity contribution in [2.45, 2.75) is 70.0 Å². The fourth-order valence-electron chi connectivity index (χ4n) is 5.66. The maximum atomic E-state index is 13.9. The fraction of sp³-hybridized carbons (Fsp3) is 0.520. The molecule has 1 aromatic carbocycles. The highest BCUT2D eigenvalue weighted by Gasteiger charge is 2.57. The number of nitrogens with zero attached hydrogens (tertiary/aromatic N) is 7. The molecule has 1 saturated heterocycles. The third kappa shape index (κ3) is 4.51. The van der Waals surface area contributed by atoms with Gasteiger partial charge in [0.2, 0.25) is 5.96 Å². The normalized spacial score (nSPS) is 22.4. The molecule has 0 spiro atoms. The predicted molar refractivity (Wildman–Crippen MR) is 134 cm³/mol. The van der Waals surface area contributed by atoms with E-state index in [0.29, 0.717) is 24.1 Å². The van der Waals surface area contributed by atoms with Crippen LogP contribution in [0.3, 0.4) is 0 Å². The first-order valence-electron chi connectivity index (χ1n) is 12.0. The highest BCUT2D eigenvalue weighted by atomic mass is 35.5. The van der Waals surface area contributed by atoms with Crippen LogP contribution in [0, 0.1) is 0 Å². The monoisotopic (exact) mass is 501 g/mol. The van der Waals surface area contributed by atoms with E-state index in [1.165, 1.54) is 0 Å². The van der Waals surface area contributed by atoms with Gasteiger partial charge in [0.1, 0.15) is 5.82 Å². The number of rotatable bonds is 3. The van der Waals surface area contributed by atoms with Crippen molar-refractivity contribution in [3.63, 3.8) is 0 Å². The van der Waals surface area contributed by atoms with Crippen molar-refractivity contribution in [1.29, 1.82) is 0 Å². The molecular weight excluding hydrogens is 472 g/mol. The van der Waals surface area contributed by atoms with Crippen LogP contribution in [0.15, 0.2) is 40.5 Å². The van der Waals surface area contributed by atoms with Crippen molar-refractivity contribution in [3.05, 3.63) is 52.7 Å². The number of halogens is 3. The lowest BCUT2D eigenvalue weighted by Crippen LogP contribution is -2.59. The Bertz CT molecular complexity index is 1170. The van der Waals surface area contributed by atoms with Gasteiger partial charge in [0.25, 0.3) is 5.92 Å². The van der Waals surface area contributed by atoms with Crippen LogP contribution in [0.2, 0.25) is 5.02 Å². The number of aromatic nitrogens is 3. The molecule has 3 aliphatic rings. The van der Waals surface area contributed by atoms with Crippen molar-refractivity contribution < 1.29 is 8.78 Å². The van der Waals surface area contributed by atoms with Crippen LogP contribution in [0.1, 0.15) is 62.7 Å². The summed E-state index contributed by atoms with van der Waals surface area (Å²) in [5.74, 6) is -0.0853. The van der Waals surface area contributed by atoms with Crippen LogP contribution in [-0.4, -0.2) is 61.8 Å². The van der Waals surface area contributed by atoms with Crippen molar-refractivity contribution >= 4 is 24.3 Å². The summed E-state index contributed by atoms with van der Waals surface area (Å²) in [5.41, 5.74) is 1.39. The van der Waals surface area contributed by atoms with Crippen LogP contribution in [0.4, 0.5) is 8.78 Å². The zero-order valence-corrected chi connectivity index (χ0v) is 20.8. The molecule has 0 radical (unpaired) electrons. The van der Waals surface area contributed by atoms with Gasteiger partial charge in [0.15, 0.2) is 5.82 Å². The van der Waals surface area contributed by atoms with Crippen LogP contribution in [-0.2, 0) is 13.1 Å². The molecule has 3 heterocycles. The highest BCUT2D eigenvalue weighted by molar-refractivity contribution is 6.30. The average molecular weight is 502 g/mol. The lowest BCUT2D eigenvalue weighted by Gasteiger charge is -2.51. The number of benzene rings is 1. The van der Waals surface area contributed by atoms with E-state index < -0.39 is 11.5 Å². The molecule has 10 heteroatoms. The number of likely N-dealkylation sites (tertiary alicyclic amines) is 1. The zero-order valence-electron chi connectivity index (χ0n) is 20.1. The number of piperidine rings is 1. The molecule has 0 N–H and O–H groups in total. The summed E-state index contributed by atoms with van der Waals surface area (Å²) in [7, 11) is 0. The number of alkyl halides is 2. The van der Waals surface area contributed by atoms with Crippen LogP contribution in [0.25, 0.3) is 5.69 Å². The van der Waals surface area contributed by atoms with E-state index in [4.69, 9.17) is 11.6 Å². The number of fused-ring (bicyclic) bond motifs is 3. The third-order valence-corrected chi connectivity index (χ3v) is 7.63. The summed E-state index contributed by atoms with van der Waals surface area (Å²) < 4.78 is 29.9. The number of allylic oxidation sites excluding steroid dienone is 1. The Morgan fingerprint density at radius 1 is 1.20 bits per heavy atom. The van der Waals surface area contributed by atoms with Crippen molar-refractivity contribution in [1.82, 2.24) is 24.6 Å². The Hall–Kier alpha value is -2.65. The minimum Gasteiger partial charge on any atom is -0.341 e.